The molecule has 0 spiro atoms. The van der Waals surface area contributed by atoms with Crippen LogP contribution < -0.4 is 5.73 Å². The molecule has 3 heterocycles. The van der Waals surface area contributed by atoms with Crippen LogP contribution in [0.1, 0.15) is 44.0 Å². The average molecular weight is 220 g/mol. The van der Waals surface area contributed by atoms with Gasteiger partial charge in [-0.15, -0.1) is 0 Å². The molecule has 1 aromatic heterocycles. The summed E-state index contributed by atoms with van der Waals surface area (Å²) in [4.78, 5) is 6.89. The van der Waals surface area contributed by atoms with Crippen molar-refractivity contribution in [3.8, 4) is 0 Å². The van der Waals surface area contributed by atoms with Gasteiger partial charge in [0.25, 0.3) is 0 Å². The highest BCUT2D eigenvalue weighted by atomic mass is 15.3. The molecule has 0 saturated carbocycles. The third kappa shape index (κ3) is 1.48. The molecule has 2 aliphatic heterocycles. The zero-order chi connectivity index (χ0) is 11.1. The Hall–Kier alpha value is -0.870. The molecule has 2 unspecified atom stereocenters. The summed E-state index contributed by atoms with van der Waals surface area (Å²) in [6, 6.07) is 1.41. The van der Waals surface area contributed by atoms with Gasteiger partial charge in [0.2, 0.25) is 0 Å². The number of nitrogens with two attached hydrogens (primary N) is 1. The summed E-state index contributed by atoms with van der Waals surface area (Å²) in [5.74, 6) is 0. The van der Waals surface area contributed by atoms with Gasteiger partial charge in [0.1, 0.15) is 0 Å². The lowest BCUT2D eigenvalue weighted by Crippen LogP contribution is -2.28. The standard InChI is InChI=1S/C12H20N4/c1-9(13)12-7-14-8-16(12)11-4-6-15-5-2-3-10(11)15/h7-11H,2-6,13H2,1H3/t9-,10?,11?/m0/s1. The first kappa shape index (κ1) is 10.3. The molecule has 2 aliphatic rings. The fourth-order valence-electron chi connectivity index (χ4n) is 3.32. The first-order chi connectivity index (χ1) is 7.77. The predicted molar refractivity (Wildman–Crippen MR) is 63.1 cm³/mol. The highest BCUT2D eigenvalue weighted by molar-refractivity contribution is 5.08. The van der Waals surface area contributed by atoms with Crippen LogP contribution in [-0.4, -0.2) is 33.6 Å². The molecule has 4 heteroatoms. The van der Waals surface area contributed by atoms with E-state index in [-0.39, 0.29) is 6.04 Å². The van der Waals surface area contributed by atoms with E-state index in [1.165, 1.54) is 38.0 Å². The molecule has 0 radical (unpaired) electrons. The van der Waals surface area contributed by atoms with Crippen molar-refractivity contribution in [1.82, 2.24) is 14.5 Å². The maximum Gasteiger partial charge on any atom is 0.0951 e. The molecular weight excluding hydrogens is 200 g/mol. The number of fused-ring (bicyclic) bond motifs is 1. The Morgan fingerprint density at radius 1 is 1.38 bits per heavy atom. The maximum absolute atomic E-state index is 5.99. The van der Waals surface area contributed by atoms with Crippen LogP contribution in [0.3, 0.4) is 0 Å². The van der Waals surface area contributed by atoms with Crippen LogP contribution in [0.15, 0.2) is 12.5 Å². The van der Waals surface area contributed by atoms with Crippen molar-refractivity contribution in [2.24, 2.45) is 5.73 Å². The summed E-state index contributed by atoms with van der Waals surface area (Å²) >= 11 is 0. The molecular formula is C12H20N4. The lowest BCUT2D eigenvalue weighted by Gasteiger charge is -2.24. The second kappa shape index (κ2) is 3.86. The van der Waals surface area contributed by atoms with Crippen LogP contribution in [0.2, 0.25) is 0 Å². The molecule has 1 aromatic rings. The van der Waals surface area contributed by atoms with E-state index in [9.17, 15) is 0 Å². The molecule has 16 heavy (non-hydrogen) atoms. The van der Waals surface area contributed by atoms with Crippen LogP contribution in [0.25, 0.3) is 0 Å². The molecule has 0 bridgehead atoms. The van der Waals surface area contributed by atoms with Crippen molar-refractivity contribution in [3.05, 3.63) is 18.2 Å². The van der Waals surface area contributed by atoms with Crippen molar-refractivity contribution >= 4 is 0 Å². The van der Waals surface area contributed by atoms with E-state index in [4.69, 9.17) is 5.73 Å². The Morgan fingerprint density at radius 2 is 2.25 bits per heavy atom. The second-order valence-electron chi connectivity index (χ2n) is 5.12. The lowest BCUT2D eigenvalue weighted by atomic mass is 10.1. The monoisotopic (exact) mass is 220 g/mol. The zero-order valence-electron chi connectivity index (χ0n) is 9.84. The van der Waals surface area contributed by atoms with Crippen molar-refractivity contribution in [1.29, 1.82) is 0 Å². The van der Waals surface area contributed by atoms with Gasteiger partial charge in [-0.3, -0.25) is 4.90 Å². The molecule has 3 rings (SSSR count). The van der Waals surface area contributed by atoms with Gasteiger partial charge in [0.15, 0.2) is 0 Å². The molecule has 4 nitrogen and oxygen atoms in total. The number of hydrogen-bond donors (Lipinski definition) is 1. The minimum atomic E-state index is 0.0814. The summed E-state index contributed by atoms with van der Waals surface area (Å²) in [6.45, 7) is 4.56. The van der Waals surface area contributed by atoms with Crippen LogP contribution >= 0.6 is 0 Å². The quantitative estimate of drug-likeness (QED) is 0.817. The summed E-state index contributed by atoms with van der Waals surface area (Å²) in [7, 11) is 0. The summed E-state index contributed by atoms with van der Waals surface area (Å²) in [5, 5.41) is 0. The predicted octanol–water partition coefficient (Wildman–Crippen LogP) is 1.31. The molecule has 88 valence electrons. The van der Waals surface area contributed by atoms with Crippen LogP contribution in [-0.2, 0) is 0 Å². The van der Waals surface area contributed by atoms with E-state index < -0.39 is 0 Å². The molecule has 0 aromatic carbocycles. The Balaban J connectivity index is 1.89. The highest BCUT2D eigenvalue weighted by Gasteiger charge is 2.38. The third-order valence-corrected chi connectivity index (χ3v) is 4.09. The van der Waals surface area contributed by atoms with E-state index in [0.717, 1.165) is 6.04 Å². The molecule has 2 fully saturated rings. The van der Waals surface area contributed by atoms with E-state index in [2.05, 4.69) is 14.5 Å². The van der Waals surface area contributed by atoms with Gasteiger partial charge in [0, 0.05) is 24.8 Å². The number of rotatable bonds is 2. The third-order valence-electron chi connectivity index (χ3n) is 4.09. The highest BCUT2D eigenvalue weighted by Crippen LogP contribution is 2.37. The Labute approximate surface area is 96.4 Å². The normalized spacial score (nSPS) is 31.9. The smallest absolute Gasteiger partial charge is 0.0951 e. The first-order valence-corrected chi connectivity index (χ1v) is 6.28. The van der Waals surface area contributed by atoms with Gasteiger partial charge in [-0.25, -0.2) is 4.98 Å². The van der Waals surface area contributed by atoms with E-state index in [1.807, 2.05) is 19.4 Å². The summed E-state index contributed by atoms with van der Waals surface area (Å²) < 4.78 is 2.32. The van der Waals surface area contributed by atoms with Gasteiger partial charge >= 0.3 is 0 Å². The van der Waals surface area contributed by atoms with Crippen LogP contribution in [0.4, 0.5) is 0 Å². The first-order valence-electron chi connectivity index (χ1n) is 6.28. The Morgan fingerprint density at radius 3 is 3.06 bits per heavy atom. The zero-order valence-corrected chi connectivity index (χ0v) is 9.84. The van der Waals surface area contributed by atoms with E-state index >= 15 is 0 Å². The molecule has 0 aliphatic carbocycles. The fraction of sp³-hybridized carbons (Fsp3) is 0.750. The average Bonchev–Trinajstić information content (AvgIpc) is 2.92. The SMILES string of the molecule is C[C@H](N)c1cncn1C1CCN2CCCC12. The van der Waals surface area contributed by atoms with Crippen LogP contribution in [0, 0.1) is 0 Å². The number of nitrogens with zero attached hydrogens (tertiary/aromatic N) is 3. The summed E-state index contributed by atoms with van der Waals surface area (Å²) in [5.41, 5.74) is 7.17. The van der Waals surface area contributed by atoms with Gasteiger partial charge < -0.3 is 10.3 Å². The van der Waals surface area contributed by atoms with Crippen molar-refractivity contribution in [2.75, 3.05) is 13.1 Å². The largest absolute Gasteiger partial charge is 0.328 e. The minimum absolute atomic E-state index is 0.0814. The van der Waals surface area contributed by atoms with Gasteiger partial charge in [0.05, 0.1) is 18.1 Å². The fourth-order valence-corrected chi connectivity index (χ4v) is 3.32. The molecule has 3 atom stereocenters. The Kier molecular flexibility index (Phi) is 2.48. The van der Waals surface area contributed by atoms with Gasteiger partial charge in [-0.1, -0.05) is 0 Å². The molecule has 2 saturated heterocycles. The Bertz CT molecular complexity index is 371. The van der Waals surface area contributed by atoms with Crippen molar-refractivity contribution in [3.63, 3.8) is 0 Å². The van der Waals surface area contributed by atoms with Crippen LogP contribution in [0.5, 0.6) is 0 Å². The molecule has 0 amide bonds. The van der Waals surface area contributed by atoms with E-state index in [0.29, 0.717) is 6.04 Å². The lowest BCUT2D eigenvalue weighted by molar-refractivity contribution is 0.287. The number of imidazole rings is 1. The molecule has 2 N–H and O–H groups in total. The number of aromatic nitrogens is 2. The van der Waals surface area contributed by atoms with Gasteiger partial charge in [-0.05, 0) is 32.7 Å². The maximum atomic E-state index is 5.99. The van der Waals surface area contributed by atoms with E-state index in [1.54, 1.807) is 0 Å². The minimum Gasteiger partial charge on any atom is -0.328 e. The number of hydrogen-bond acceptors (Lipinski definition) is 3. The topological polar surface area (TPSA) is 47.1 Å². The summed E-state index contributed by atoms with van der Waals surface area (Å²) in [6.07, 6.45) is 7.82. The van der Waals surface area contributed by atoms with Gasteiger partial charge in [-0.2, -0.15) is 0 Å². The van der Waals surface area contributed by atoms with Crippen molar-refractivity contribution < 1.29 is 0 Å². The second-order valence-corrected chi connectivity index (χ2v) is 5.12. The van der Waals surface area contributed by atoms with Crippen molar-refractivity contribution in [2.45, 2.75) is 44.3 Å².